The second-order valence-electron chi connectivity index (χ2n) is 7.37. The molecule has 0 radical (unpaired) electrons. The zero-order valence-electron chi connectivity index (χ0n) is 16.2. The van der Waals surface area contributed by atoms with E-state index in [9.17, 15) is 18.0 Å². The molecule has 30 heavy (non-hydrogen) atoms. The fourth-order valence-corrected chi connectivity index (χ4v) is 4.50. The van der Waals surface area contributed by atoms with E-state index in [0.717, 1.165) is 6.07 Å². The van der Waals surface area contributed by atoms with Crippen molar-refractivity contribution in [3.8, 4) is 0 Å². The third-order valence-corrected chi connectivity index (χ3v) is 6.24. The summed E-state index contributed by atoms with van der Waals surface area (Å²) >= 11 is 1.38. The molecule has 1 saturated heterocycles. The van der Waals surface area contributed by atoms with Crippen LogP contribution in [0.2, 0.25) is 0 Å². The van der Waals surface area contributed by atoms with Crippen LogP contribution in [-0.2, 0) is 6.54 Å². The summed E-state index contributed by atoms with van der Waals surface area (Å²) in [6, 6.07) is 13.2. The molecular weight excluding hydrogens is 409 g/mol. The Balaban J connectivity index is 1.49. The first kappa shape index (κ1) is 20.6. The van der Waals surface area contributed by atoms with Gasteiger partial charge in [-0.15, -0.1) is 11.3 Å². The molecule has 0 N–H and O–H groups in total. The predicted octanol–water partition coefficient (Wildman–Crippen LogP) is 5.48. The molecule has 3 nitrogen and oxygen atoms in total. The van der Waals surface area contributed by atoms with E-state index in [0.29, 0.717) is 48.6 Å². The van der Waals surface area contributed by atoms with E-state index in [4.69, 9.17) is 0 Å². The lowest BCUT2D eigenvalue weighted by molar-refractivity contribution is 0.0962. The maximum absolute atomic E-state index is 14.0. The number of piperidine rings is 1. The molecule has 0 aliphatic carbocycles. The minimum absolute atomic E-state index is 0.0422. The van der Waals surface area contributed by atoms with Gasteiger partial charge in [0.05, 0.1) is 4.88 Å². The van der Waals surface area contributed by atoms with Crippen LogP contribution in [0.1, 0.15) is 28.1 Å². The van der Waals surface area contributed by atoms with E-state index in [-0.39, 0.29) is 17.8 Å². The highest BCUT2D eigenvalue weighted by Gasteiger charge is 2.30. The molecule has 2 heterocycles. The van der Waals surface area contributed by atoms with Crippen LogP contribution in [-0.4, -0.2) is 29.9 Å². The third kappa shape index (κ3) is 4.57. The number of likely N-dealkylation sites (tertiary alicyclic amines) is 1. The number of carbonyl (C=O) groups excluding carboxylic acids is 1. The number of hydrogen-bond donors (Lipinski definition) is 0. The maximum Gasteiger partial charge on any atom is 0.268 e. The summed E-state index contributed by atoms with van der Waals surface area (Å²) in [6.07, 6.45) is 1.41. The highest BCUT2D eigenvalue weighted by Crippen LogP contribution is 2.28. The summed E-state index contributed by atoms with van der Waals surface area (Å²) in [4.78, 5) is 17.7. The van der Waals surface area contributed by atoms with E-state index in [1.807, 2.05) is 11.4 Å². The molecule has 0 unspecified atom stereocenters. The van der Waals surface area contributed by atoms with E-state index < -0.39 is 11.6 Å². The van der Waals surface area contributed by atoms with E-state index >= 15 is 0 Å². The normalized spacial score (nSPS) is 15.3. The standard InChI is InChI=1S/C23H21F3N2OS/c24-17-5-7-19(8-6-17)28(23(29)22-2-1-13-30-22)20-9-11-27(12-10-20)15-16-3-4-18(25)14-21(16)26/h1-8,13-14,20H,9-12,15H2. The van der Waals surface area contributed by atoms with Crippen molar-refractivity contribution in [3.05, 3.63) is 87.9 Å². The molecule has 0 atom stereocenters. The van der Waals surface area contributed by atoms with E-state index in [1.165, 1.54) is 35.6 Å². The topological polar surface area (TPSA) is 23.6 Å². The summed E-state index contributed by atoms with van der Waals surface area (Å²) in [5, 5.41) is 1.86. The Bertz CT molecular complexity index is 1000. The van der Waals surface area contributed by atoms with Gasteiger partial charge in [-0.1, -0.05) is 12.1 Å². The van der Waals surface area contributed by atoms with Gasteiger partial charge in [0, 0.05) is 43.0 Å². The summed E-state index contributed by atoms with van der Waals surface area (Å²) in [6.45, 7) is 1.75. The van der Waals surface area contributed by atoms with Gasteiger partial charge in [-0.25, -0.2) is 13.2 Å². The van der Waals surface area contributed by atoms with Crippen LogP contribution in [0.5, 0.6) is 0 Å². The van der Waals surface area contributed by atoms with Gasteiger partial charge < -0.3 is 4.90 Å². The van der Waals surface area contributed by atoms with Gasteiger partial charge in [-0.3, -0.25) is 9.69 Å². The van der Waals surface area contributed by atoms with Crippen LogP contribution < -0.4 is 4.90 Å². The number of amides is 1. The van der Waals surface area contributed by atoms with E-state index in [2.05, 4.69) is 4.90 Å². The monoisotopic (exact) mass is 430 g/mol. The fourth-order valence-electron chi connectivity index (χ4n) is 3.84. The predicted molar refractivity (Wildman–Crippen MR) is 112 cm³/mol. The number of hydrogen-bond acceptors (Lipinski definition) is 3. The van der Waals surface area contributed by atoms with Crippen molar-refractivity contribution in [2.45, 2.75) is 25.4 Å². The molecule has 0 bridgehead atoms. The first-order valence-corrected chi connectivity index (χ1v) is 10.7. The Morgan fingerprint density at radius 2 is 1.70 bits per heavy atom. The molecule has 7 heteroatoms. The number of nitrogens with zero attached hydrogens (tertiary/aromatic N) is 2. The lowest BCUT2D eigenvalue weighted by atomic mass is 10.0. The highest BCUT2D eigenvalue weighted by atomic mass is 32.1. The number of anilines is 1. The second kappa shape index (κ2) is 9.02. The van der Waals surface area contributed by atoms with Crippen LogP contribution in [0.15, 0.2) is 60.0 Å². The quantitative estimate of drug-likeness (QED) is 0.535. The maximum atomic E-state index is 14.0. The second-order valence-corrected chi connectivity index (χ2v) is 8.32. The SMILES string of the molecule is O=C(c1cccs1)N(c1ccc(F)cc1)C1CCN(Cc2ccc(F)cc2F)CC1. The van der Waals surface area contributed by atoms with Gasteiger partial charge in [-0.2, -0.15) is 0 Å². The Labute approximate surface area is 177 Å². The molecule has 0 spiro atoms. The largest absolute Gasteiger partial charge is 0.305 e. The van der Waals surface area contributed by atoms with Crippen molar-refractivity contribution in [1.29, 1.82) is 0 Å². The fraction of sp³-hybridized carbons (Fsp3) is 0.261. The average Bonchev–Trinajstić information content (AvgIpc) is 3.28. The van der Waals surface area contributed by atoms with Crippen LogP contribution in [0, 0.1) is 17.5 Å². The lowest BCUT2D eigenvalue weighted by Crippen LogP contribution is -2.47. The molecule has 1 aliphatic heterocycles. The number of benzene rings is 2. The highest BCUT2D eigenvalue weighted by molar-refractivity contribution is 7.12. The number of carbonyl (C=O) groups is 1. The molecule has 1 aliphatic rings. The Kier molecular flexibility index (Phi) is 6.20. The van der Waals surface area contributed by atoms with E-state index in [1.54, 1.807) is 23.1 Å². The molecule has 1 amide bonds. The molecule has 1 aromatic heterocycles. The zero-order valence-corrected chi connectivity index (χ0v) is 17.0. The average molecular weight is 430 g/mol. The van der Waals surface area contributed by atoms with Crippen molar-refractivity contribution >= 4 is 22.9 Å². The van der Waals surface area contributed by atoms with Gasteiger partial charge in [0.25, 0.3) is 5.91 Å². The Morgan fingerprint density at radius 1 is 1.00 bits per heavy atom. The molecule has 4 rings (SSSR count). The van der Waals surface area contributed by atoms with Gasteiger partial charge in [0.15, 0.2) is 0 Å². The summed E-state index contributed by atoms with van der Waals surface area (Å²) < 4.78 is 40.5. The summed E-state index contributed by atoms with van der Waals surface area (Å²) in [5.41, 5.74) is 1.12. The van der Waals surface area contributed by atoms with Gasteiger partial charge in [0.2, 0.25) is 0 Å². The molecule has 1 fully saturated rings. The number of rotatable bonds is 5. The molecule has 2 aromatic carbocycles. The first-order valence-electron chi connectivity index (χ1n) is 9.80. The van der Waals surface area contributed by atoms with Crippen molar-refractivity contribution in [2.24, 2.45) is 0 Å². The molecule has 0 saturated carbocycles. The van der Waals surface area contributed by atoms with Crippen molar-refractivity contribution in [1.82, 2.24) is 4.90 Å². The van der Waals surface area contributed by atoms with Gasteiger partial charge >= 0.3 is 0 Å². The minimum atomic E-state index is -0.586. The van der Waals surface area contributed by atoms with Crippen molar-refractivity contribution in [3.63, 3.8) is 0 Å². The van der Waals surface area contributed by atoms with Crippen LogP contribution in [0.4, 0.5) is 18.9 Å². The first-order chi connectivity index (χ1) is 14.5. The van der Waals surface area contributed by atoms with Crippen LogP contribution in [0.3, 0.4) is 0 Å². The number of thiophene rings is 1. The van der Waals surface area contributed by atoms with Gasteiger partial charge in [0.1, 0.15) is 17.5 Å². The number of halogens is 3. The summed E-state index contributed by atoms with van der Waals surface area (Å²) in [5.74, 6) is -1.58. The van der Waals surface area contributed by atoms with Crippen molar-refractivity contribution in [2.75, 3.05) is 18.0 Å². The van der Waals surface area contributed by atoms with Crippen molar-refractivity contribution < 1.29 is 18.0 Å². The Hall–Kier alpha value is -2.64. The van der Waals surface area contributed by atoms with Crippen LogP contribution in [0.25, 0.3) is 0 Å². The van der Waals surface area contributed by atoms with Crippen LogP contribution >= 0.6 is 11.3 Å². The molecular formula is C23H21F3N2OS. The summed E-state index contributed by atoms with van der Waals surface area (Å²) in [7, 11) is 0. The van der Waals surface area contributed by atoms with Gasteiger partial charge in [-0.05, 0) is 54.6 Å². The third-order valence-electron chi connectivity index (χ3n) is 5.39. The Morgan fingerprint density at radius 3 is 2.33 bits per heavy atom. The smallest absolute Gasteiger partial charge is 0.268 e. The zero-order chi connectivity index (χ0) is 21.1. The lowest BCUT2D eigenvalue weighted by Gasteiger charge is -2.38. The minimum Gasteiger partial charge on any atom is -0.305 e. The molecule has 156 valence electrons. The molecule has 3 aromatic rings.